The molecule has 6 nitrogen and oxygen atoms in total. The molecule has 0 aromatic heterocycles. The Labute approximate surface area is 207 Å². The van der Waals surface area contributed by atoms with Crippen LogP contribution in [0.1, 0.15) is 47.2 Å². The van der Waals surface area contributed by atoms with Crippen molar-refractivity contribution >= 4 is 11.5 Å². The van der Waals surface area contributed by atoms with E-state index in [9.17, 15) is 27.5 Å². The first-order valence-electron chi connectivity index (χ1n) is 12.0. The molecule has 0 radical (unpaired) electrons. The molecule has 0 spiro atoms. The molecule has 3 rings (SSSR count). The van der Waals surface area contributed by atoms with Crippen LogP contribution >= 0.6 is 0 Å². The standard InChI is InChI=1S/C26H32F4N2O4/c27-23-18-21(32(13-15-33)14-16-34)6-7-22(23)24(35)5-2-10-31-11-8-25(36,9-12-31)19-3-1-4-20(17-19)26(28,29)30/h1,3-4,6-7,17-18,33-34,36H,2,5,8-16H2. The van der Waals surface area contributed by atoms with E-state index in [2.05, 4.69) is 0 Å². The van der Waals surface area contributed by atoms with Crippen LogP contribution in [0.4, 0.5) is 23.2 Å². The van der Waals surface area contributed by atoms with Crippen molar-refractivity contribution < 1.29 is 37.7 Å². The molecule has 1 fully saturated rings. The highest BCUT2D eigenvalue weighted by atomic mass is 19.4. The summed E-state index contributed by atoms with van der Waals surface area (Å²) in [5, 5.41) is 29.2. The number of hydrogen-bond donors (Lipinski definition) is 3. The smallest absolute Gasteiger partial charge is 0.395 e. The lowest BCUT2D eigenvalue weighted by Crippen LogP contribution is -2.43. The van der Waals surface area contributed by atoms with Gasteiger partial charge in [0, 0.05) is 38.3 Å². The summed E-state index contributed by atoms with van der Waals surface area (Å²) in [6, 6.07) is 9.01. The molecule has 0 amide bonds. The van der Waals surface area contributed by atoms with E-state index < -0.39 is 23.2 Å². The molecule has 1 heterocycles. The predicted octanol–water partition coefficient (Wildman–Crippen LogP) is 3.58. The van der Waals surface area contributed by atoms with E-state index in [-0.39, 0.29) is 62.5 Å². The van der Waals surface area contributed by atoms with Crippen LogP contribution in [0.5, 0.6) is 0 Å². The molecule has 0 unspecified atom stereocenters. The maximum atomic E-state index is 14.6. The summed E-state index contributed by atoms with van der Waals surface area (Å²) in [6.07, 6.45) is -3.32. The third kappa shape index (κ3) is 7.03. The molecular formula is C26H32F4N2O4. The van der Waals surface area contributed by atoms with Crippen LogP contribution in [0.15, 0.2) is 42.5 Å². The maximum absolute atomic E-state index is 14.6. The molecule has 1 saturated heterocycles. The fraction of sp³-hybridized carbons (Fsp3) is 0.500. The molecule has 1 aliphatic heterocycles. The van der Waals surface area contributed by atoms with Crippen LogP contribution in [0.25, 0.3) is 0 Å². The van der Waals surface area contributed by atoms with Crippen molar-refractivity contribution in [3.63, 3.8) is 0 Å². The van der Waals surface area contributed by atoms with Gasteiger partial charge in [-0.15, -0.1) is 0 Å². The highest BCUT2D eigenvalue weighted by Gasteiger charge is 2.37. The van der Waals surface area contributed by atoms with Gasteiger partial charge in [0.15, 0.2) is 5.78 Å². The Balaban J connectivity index is 1.51. The molecule has 0 saturated carbocycles. The predicted molar refractivity (Wildman–Crippen MR) is 127 cm³/mol. The molecular weight excluding hydrogens is 480 g/mol. The summed E-state index contributed by atoms with van der Waals surface area (Å²) in [5.74, 6) is -1.00. The largest absolute Gasteiger partial charge is 0.416 e. The Bertz CT molecular complexity index is 1020. The number of alkyl halides is 3. The van der Waals surface area contributed by atoms with Crippen molar-refractivity contribution in [1.29, 1.82) is 0 Å². The topological polar surface area (TPSA) is 84.2 Å². The number of aliphatic hydroxyl groups excluding tert-OH is 2. The lowest BCUT2D eigenvalue weighted by atomic mass is 9.83. The minimum absolute atomic E-state index is 0.0238. The lowest BCUT2D eigenvalue weighted by molar-refractivity contribution is -0.137. The van der Waals surface area contributed by atoms with Crippen LogP contribution in [0.3, 0.4) is 0 Å². The van der Waals surface area contributed by atoms with Gasteiger partial charge in [0.1, 0.15) is 5.82 Å². The molecule has 0 bridgehead atoms. The number of anilines is 1. The zero-order chi connectivity index (χ0) is 26.3. The normalized spacial score (nSPS) is 16.2. The average Bonchev–Trinajstić information content (AvgIpc) is 2.84. The molecule has 2 aromatic carbocycles. The number of nitrogens with zero attached hydrogens (tertiary/aromatic N) is 2. The SMILES string of the molecule is O=C(CCCN1CCC(O)(c2cccc(C(F)(F)F)c2)CC1)c1ccc(N(CCO)CCO)cc1F. The zero-order valence-electron chi connectivity index (χ0n) is 20.0. The first-order chi connectivity index (χ1) is 17.1. The first-order valence-corrected chi connectivity index (χ1v) is 12.0. The van der Waals surface area contributed by atoms with Crippen molar-refractivity contribution in [2.75, 3.05) is 50.8 Å². The van der Waals surface area contributed by atoms with E-state index >= 15 is 0 Å². The fourth-order valence-corrected chi connectivity index (χ4v) is 4.56. The number of likely N-dealkylation sites (tertiary alicyclic amines) is 1. The minimum Gasteiger partial charge on any atom is -0.395 e. The van der Waals surface area contributed by atoms with Gasteiger partial charge >= 0.3 is 6.18 Å². The summed E-state index contributed by atoms with van der Waals surface area (Å²) in [4.78, 5) is 16.2. The molecule has 3 N–H and O–H groups in total. The van der Waals surface area contributed by atoms with E-state index in [4.69, 9.17) is 10.2 Å². The summed E-state index contributed by atoms with van der Waals surface area (Å²) < 4.78 is 53.7. The number of rotatable bonds is 11. The zero-order valence-corrected chi connectivity index (χ0v) is 20.0. The second-order valence-electron chi connectivity index (χ2n) is 9.08. The molecule has 1 aliphatic rings. The van der Waals surface area contributed by atoms with Gasteiger partial charge in [-0.1, -0.05) is 12.1 Å². The van der Waals surface area contributed by atoms with Gasteiger partial charge in [-0.05, 0) is 61.7 Å². The first kappa shape index (κ1) is 28.0. The number of hydrogen-bond acceptors (Lipinski definition) is 6. The van der Waals surface area contributed by atoms with Crippen LogP contribution in [-0.4, -0.2) is 71.9 Å². The van der Waals surface area contributed by atoms with Gasteiger partial charge in [-0.3, -0.25) is 4.79 Å². The second-order valence-corrected chi connectivity index (χ2v) is 9.08. The summed E-state index contributed by atoms with van der Waals surface area (Å²) in [6.45, 7) is 1.63. The van der Waals surface area contributed by atoms with Gasteiger partial charge in [-0.25, -0.2) is 4.39 Å². The molecule has 0 aliphatic carbocycles. The Morgan fingerprint density at radius 3 is 2.28 bits per heavy atom. The Morgan fingerprint density at radius 2 is 1.69 bits per heavy atom. The van der Waals surface area contributed by atoms with Crippen molar-refractivity contribution in [2.24, 2.45) is 0 Å². The molecule has 36 heavy (non-hydrogen) atoms. The highest BCUT2D eigenvalue weighted by Crippen LogP contribution is 2.36. The van der Waals surface area contributed by atoms with Crippen LogP contribution in [0.2, 0.25) is 0 Å². The number of ketones is 1. The van der Waals surface area contributed by atoms with E-state index in [1.807, 2.05) is 4.90 Å². The highest BCUT2D eigenvalue weighted by molar-refractivity contribution is 5.96. The van der Waals surface area contributed by atoms with Crippen molar-refractivity contribution in [1.82, 2.24) is 4.90 Å². The molecule has 2 aromatic rings. The third-order valence-corrected chi connectivity index (χ3v) is 6.65. The number of halogens is 4. The third-order valence-electron chi connectivity index (χ3n) is 6.65. The average molecular weight is 513 g/mol. The van der Waals surface area contributed by atoms with Gasteiger partial charge < -0.3 is 25.1 Å². The Morgan fingerprint density at radius 1 is 1.03 bits per heavy atom. The number of carbonyl (C=O) groups is 1. The molecule has 10 heteroatoms. The Hall–Kier alpha value is -2.53. The van der Waals surface area contributed by atoms with E-state index in [0.717, 1.165) is 12.1 Å². The van der Waals surface area contributed by atoms with Gasteiger partial charge in [0.25, 0.3) is 0 Å². The number of piperidine rings is 1. The molecule has 198 valence electrons. The van der Waals surface area contributed by atoms with Gasteiger partial charge in [0.05, 0.1) is 29.9 Å². The maximum Gasteiger partial charge on any atom is 0.416 e. The van der Waals surface area contributed by atoms with Crippen molar-refractivity contribution in [3.8, 4) is 0 Å². The van der Waals surface area contributed by atoms with E-state index in [1.54, 1.807) is 11.0 Å². The number of benzene rings is 2. The summed E-state index contributed by atoms with van der Waals surface area (Å²) >= 11 is 0. The summed E-state index contributed by atoms with van der Waals surface area (Å²) in [7, 11) is 0. The Kier molecular flexibility index (Phi) is 9.46. The number of carbonyl (C=O) groups excluding carboxylic acids is 1. The lowest BCUT2D eigenvalue weighted by Gasteiger charge is -2.38. The second kappa shape index (κ2) is 12.1. The summed E-state index contributed by atoms with van der Waals surface area (Å²) in [5.41, 5.74) is -1.43. The fourth-order valence-electron chi connectivity index (χ4n) is 4.56. The van der Waals surface area contributed by atoms with Crippen LogP contribution in [0, 0.1) is 5.82 Å². The van der Waals surface area contributed by atoms with Crippen LogP contribution < -0.4 is 4.90 Å². The van der Waals surface area contributed by atoms with Gasteiger partial charge in [-0.2, -0.15) is 13.2 Å². The van der Waals surface area contributed by atoms with Gasteiger partial charge in [0.2, 0.25) is 0 Å². The number of Topliss-reactive ketones (excluding diaryl/α,β-unsaturated/α-hetero) is 1. The monoisotopic (exact) mass is 512 g/mol. The van der Waals surface area contributed by atoms with Crippen molar-refractivity contribution in [2.45, 2.75) is 37.5 Å². The quantitative estimate of drug-likeness (QED) is 0.315. The van der Waals surface area contributed by atoms with Crippen molar-refractivity contribution in [3.05, 3.63) is 65.0 Å². The van der Waals surface area contributed by atoms with E-state index in [0.29, 0.717) is 31.7 Å². The van der Waals surface area contributed by atoms with E-state index in [1.165, 1.54) is 24.3 Å². The minimum atomic E-state index is -4.47. The number of aliphatic hydroxyl groups is 3. The van der Waals surface area contributed by atoms with Crippen LogP contribution in [-0.2, 0) is 11.8 Å². The molecule has 0 atom stereocenters.